The predicted molar refractivity (Wildman–Crippen MR) is 49.9 cm³/mol. The van der Waals surface area contributed by atoms with E-state index in [0.717, 1.165) is 6.92 Å². The van der Waals surface area contributed by atoms with Crippen molar-refractivity contribution in [3.63, 3.8) is 0 Å². The largest absolute Gasteiger partial charge is 0.481 e. The van der Waals surface area contributed by atoms with Gasteiger partial charge >= 0.3 is 0 Å². The molecule has 0 aromatic rings. The molecule has 5 N–H and O–H groups in total. The molecule has 0 aromatic carbocycles. The minimum absolute atomic E-state index is 0.216. The number of hydrogen-bond donors (Lipinski definition) is 3. The molecule has 5 heteroatoms. The second-order valence-corrected chi connectivity index (χ2v) is 3.77. The Morgan fingerprint density at radius 1 is 1.46 bits per heavy atom. The van der Waals surface area contributed by atoms with Gasteiger partial charge in [-0.3, -0.25) is 9.59 Å². The van der Waals surface area contributed by atoms with Gasteiger partial charge in [0.15, 0.2) is 0 Å². The zero-order chi connectivity index (χ0) is 11.2. The molecular formula is C8H18N2O3. The SMILES string of the molecule is CC(=O)O.CC(C)(C)[C@H](N)[14C](N)=O. The zero-order valence-corrected chi connectivity index (χ0v) is 8.50. The van der Waals surface area contributed by atoms with Crippen molar-refractivity contribution in [2.45, 2.75) is 33.7 Å². The van der Waals surface area contributed by atoms with Crippen LogP contribution in [0.15, 0.2) is 0 Å². The number of rotatable bonds is 1. The van der Waals surface area contributed by atoms with Gasteiger partial charge in [0.25, 0.3) is 5.97 Å². The van der Waals surface area contributed by atoms with Gasteiger partial charge in [0, 0.05) is 6.92 Å². The lowest BCUT2D eigenvalue weighted by Gasteiger charge is -2.23. The van der Waals surface area contributed by atoms with Crippen LogP contribution < -0.4 is 11.5 Å². The van der Waals surface area contributed by atoms with Gasteiger partial charge in [0.1, 0.15) is 0 Å². The minimum atomic E-state index is -0.833. The molecule has 1 atom stereocenters. The summed E-state index contributed by atoms with van der Waals surface area (Å²) < 4.78 is 0. The fourth-order valence-electron chi connectivity index (χ4n) is 0.427. The summed E-state index contributed by atoms with van der Waals surface area (Å²) in [7, 11) is 0. The summed E-state index contributed by atoms with van der Waals surface area (Å²) in [5, 5.41) is 7.42. The molecule has 0 unspecified atom stereocenters. The standard InChI is InChI=1S/C6H14N2O.C2H4O2/c1-6(2,3)4(7)5(8)9;1-2(3)4/h4H,7H2,1-3H3,(H2,8,9);1H3,(H,3,4)/t4-;/m1./s1/i5+2;. The molecule has 0 aliphatic rings. The average molecular weight is 192 g/mol. The van der Waals surface area contributed by atoms with Crippen LogP contribution in [0.4, 0.5) is 0 Å². The first-order chi connectivity index (χ1) is 5.59. The molecule has 0 bridgehead atoms. The summed E-state index contributed by atoms with van der Waals surface area (Å²) in [6, 6.07) is -0.544. The maximum Gasteiger partial charge on any atom is 0.300 e. The van der Waals surface area contributed by atoms with Crippen LogP contribution in [0.1, 0.15) is 27.7 Å². The summed E-state index contributed by atoms with van der Waals surface area (Å²) in [6.45, 7) is 6.72. The van der Waals surface area contributed by atoms with E-state index in [0.29, 0.717) is 0 Å². The van der Waals surface area contributed by atoms with E-state index in [1.165, 1.54) is 0 Å². The molecule has 0 aliphatic carbocycles. The summed E-state index contributed by atoms with van der Waals surface area (Å²) in [6.07, 6.45) is 0. The maximum atomic E-state index is 10.4. The van der Waals surface area contributed by atoms with Gasteiger partial charge in [-0.1, -0.05) is 20.8 Å². The number of carboxylic acids is 1. The third-order valence-electron chi connectivity index (χ3n) is 1.24. The summed E-state index contributed by atoms with van der Waals surface area (Å²) in [5.41, 5.74) is 10.2. The van der Waals surface area contributed by atoms with Crippen LogP contribution in [0, 0.1) is 5.41 Å². The average Bonchev–Trinajstić information content (AvgIpc) is 1.82. The Hall–Kier alpha value is -1.10. The van der Waals surface area contributed by atoms with E-state index in [1.54, 1.807) is 0 Å². The van der Waals surface area contributed by atoms with Crippen LogP contribution >= 0.6 is 0 Å². The number of carboxylic acid groups (broad SMARTS) is 1. The predicted octanol–water partition coefficient (Wildman–Crippen LogP) is -0.0640. The first-order valence-electron chi connectivity index (χ1n) is 3.83. The van der Waals surface area contributed by atoms with Crippen LogP contribution in [0.2, 0.25) is 0 Å². The van der Waals surface area contributed by atoms with Crippen molar-refractivity contribution in [3.05, 3.63) is 0 Å². The van der Waals surface area contributed by atoms with Crippen molar-refractivity contribution in [3.8, 4) is 0 Å². The van der Waals surface area contributed by atoms with E-state index in [9.17, 15) is 4.79 Å². The van der Waals surface area contributed by atoms with Crippen LogP contribution in [0.25, 0.3) is 0 Å². The molecule has 13 heavy (non-hydrogen) atoms. The highest BCUT2D eigenvalue weighted by atomic mass is 16.4. The third-order valence-corrected chi connectivity index (χ3v) is 1.24. The molecule has 0 heterocycles. The molecule has 0 aromatic heterocycles. The van der Waals surface area contributed by atoms with Crippen LogP contribution in [-0.4, -0.2) is 23.0 Å². The number of aliphatic carboxylic acids is 1. The highest BCUT2D eigenvalue weighted by Crippen LogP contribution is 2.16. The van der Waals surface area contributed by atoms with Crippen LogP contribution in [0.5, 0.6) is 0 Å². The lowest BCUT2D eigenvalue weighted by atomic mass is 9.93. The third kappa shape index (κ3) is 10.9. The molecule has 0 saturated carbocycles. The Bertz CT molecular complexity index is 180. The number of amides is 1. The Morgan fingerprint density at radius 2 is 1.69 bits per heavy atom. The number of carbonyl (C=O) groups excluding carboxylic acids is 1. The minimum Gasteiger partial charge on any atom is -0.481 e. The van der Waals surface area contributed by atoms with Gasteiger partial charge in [-0.05, 0) is 5.41 Å². The van der Waals surface area contributed by atoms with E-state index in [2.05, 4.69) is 0 Å². The van der Waals surface area contributed by atoms with Gasteiger partial charge in [0.05, 0.1) is 6.04 Å². The molecule has 0 fully saturated rings. The first kappa shape index (κ1) is 14.4. The number of primary amides is 1. The molecule has 0 radical (unpaired) electrons. The van der Waals surface area contributed by atoms with E-state index >= 15 is 0 Å². The quantitative estimate of drug-likeness (QED) is 0.540. The summed E-state index contributed by atoms with van der Waals surface area (Å²) in [5.74, 6) is -1.28. The fourth-order valence-corrected chi connectivity index (χ4v) is 0.427. The normalized spacial score (nSPS) is 12.4. The Balaban J connectivity index is 0. The topological polar surface area (TPSA) is 106 Å². The molecular weight excluding hydrogens is 174 g/mol. The molecule has 0 saturated heterocycles. The molecule has 1 amide bonds. The molecule has 0 aliphatic heterocycles. The molecule has 0 spiro atoms. The van der Waals surface area contributed by atoms with Crippen LogP contribution in [-0.2, 0) is 9.59 Å². The van der Waals surface area contributed by atoms with Crippen molar-refractivity contribution in [1.82, 2.24) is 0 Å². The van der Waals surface area contributed by atoms with Crippen molar-refractivity contribution >= 4 is 11.9 Å². The number of nitrogens with two attached hydrogens (primary N) is 2. The van der Waals surface area contributed by atoms with Gasteiger partial charge in [-0.2, -0.15) is 0 Å². The second-order valence-electron chi connectivity index (χ2n) is 3.77. The second kappa shape index (κ2) is 5.53. The van der Waals surface area contributed by atoms with Crippen LogP contribution in [0.3, 0.4) is 0 Å². The van der Waals surface area contributed by atoms with Gasteiger partial charge in [-0.25, -0.2) is 0 Å². The monoisotopic (exact) mass is 192 g/mol. The lowest BCUT2D eigenvalue weighted by molar-refractivity contribution is -0.134. The van der Waals surface area contributed by atoms with E-state index in [4.69, 9.17) is 21.4 Å². The van der Waals surface area contributed by atoms with Crippen molar-refractivity contribution in [2.75, 3.05) is 0 Å². The number of hydrogen-bond acceptors (Lipinski definition) is 3. The van der Waals surface area contributed by atoms with Gasteiger partial charge in [-0.15, -0.1) is 0 Å². The molecule has 0 rings (SSSR count). The highest BCUT2D eigenvalue weighted by Gasteiger charge is 2.24. The molecule has 5 nitrogen and oxygen atoms in total. The lowest BCUT2D eigenvalue weighted by Crippen LogP contribution is -2.46. The van der Waals surface area contributed by atoms with Crippen molar-refractivity contribution in [2.24, 2.45) is 16.9 Å². The Labute approximate surface area is 78.1 Å². The highest BCUT2D eigenvalue weighted by molar-refractivity contribution is 5.80. The van der Waals surface area contributed by atoms with E-state index < -0.39 is 17.9 Å². The van der Waals surface area contributed by atoms with E-state index in [-0.39, 0.29) is 5.41 Å². The molecule has 78 valence electrons. The fraction of sp³-hybridized carbons (Fsp3) is 0.750. The maximum absolute atomic E-state index is 10.4. The smallest absolute Gasteiger partial charge is 0.300 e. The number of carbonyl (C=O) groups is 2. The Morgan fingerprint density at radius 3 is 1.69 bits per heavy atom. The summed E-state index contributed by atoms with van der Waals surface area (Å²) >= 11 is 0. The Kier molecular flexibility index (Phi) is 6.14. The van der Waals surface area contributed by atoms with Gasteiger partial charge in [0.2, 0.25) is 5.91 Å². The summed E-state index contributed by atoms with van der Waals surface area (Å²) in [4.78, 5) is 19.4. The zero-order valence-electron chi connectivity index (χ0n) is 8.50. The van der Waals surface area contributed by atoms with Crippen molar-refractivity contribution in [1.29, 1.82) is 0 Å². The van der Waals surface area contributed by atoms with Gasteiger partial charge < -0.3 is 16.6 Å². The van der Waals surface area contributed by atoms with E-state index in [1.807, 2.05) is 20.8 Å². The first-order valence-corrected chi connectivity index (χ1v) is 3.83. The van der Waals surface area contributed by atoms with Crippen molar-refractivity contribution < 1.29 is 14.7 Å².